The Balaban J connectivity index is 2.49. The normalized spacial score (nSPS) is 27.4. The Bertz CT molecular complexity index is 324. The topological polar surface area (TPSA) is 29.1 Å². The van der Waals surface area contributed by atoms with Gasteiger partial charge < -0.3 is 5.32 Å². The fourth-order valence-corrected chi connectivity index (χ4v) is 2.57. The highest BCUT2D eigenvalue weighted by Gasteiger charge is 2.20. The number of fused-ring (bicyclic) bond motifs is 1. The van der Waals surface area contributed by atoms with Gasteiger partial charge in [-0.15, -0.1) is 0 Å². The minimum atomic E-state index is -0.822. The second-order valence-electron chi connectivity index (χ2n) is 2.99. The molecule has 2 nitrogen and oxygen atoms in total. The van der Waals surface area contributed by atoms with Gasteiger partial charge in [0.05, 0.1) is 26.6 Å². The van der Waals surface area contributed by atoms with Crippen molar-refractivity contribution in [3.05, 3.63) is 24.3 Å². The fraction of sp³-hybridized carbons (Fsp3) is 0.333. The van der Waals surface area contributed by atoms with Crippen LogP contribution in [-0.4, -0.2) is 16.0 Å². The average Bonchev–Trinajstić information content (AvgIpc) is 2.12. The molecule has 0 saturated carbocycles. The van der Waals surface area contributed by atoms with Gasteiger partial charge >= 0.3 is 0 Å². The maximum Gasteiger partial charge on any atom is 0.0622 e. The van der Waals surface area contributed by atoms with E-state index in [2.05, 4.69) is 5.32 Å². The molecular weight excluding hydrogens is 170 g/mol. The van der Waals surface area contributed by atoms with Crippen LogP contribution in [0.4, 0.5) is 5.69 Å². The molecule has 1 heterocycles. The van der Waals surface area contributed by atoms with Crippen LogP contribution in [-0.2, 0) is 10.8 Å². The fourth-order valence-electron chi connectivity index (χ4n) is 1.33. The van der Waals surface area contributed by atoms with Crippen molar-refractivity contribution in [2.75, 3.05) is 11.9 Å². The van der Waals surface area contributed by atoms with Crippen LogP contribution in [0.25, 0.3) is 0 Å². The van der Waals surface area contributed by atoms with E-state index in [1.807, 2.05) is 31.2 Å². The molecule has 2 atom stereocenters. The zero-order valence-corrected chi connectivity index (χ0v) is 7.73. The third-order valence-electron chi connectivity index (χ3n) is 2.05. The van der Waals surface area contributed by atoms with E-state index >= 15 is 0 Å². The summed E-state index contributed by atoms with van der Waals surface area (Å²) in [5.74, 6) is 0. The van der Waals surface area contributed by atoms with Crippen LogP contribution >= 0.6 is 0 Å². The van der Waals surface area contributed by atoms with Gasteiger partial charge in [0.2, 0.25) is 0 Å². The SMILES string of the molecule is C[C@H]1CNc2ccccc2[S@@]1=O. The Morgan fingerprint density at radius 1 is 1.50 bits per heavy atom. The van der Waals surface area contributed by atoms with E-state index in [1.165, 1.54) is 0 Å². The molecule has 1 aromatic carbocycles. The minimum Gasteiger partial charge on any atom is -0.383 e. The summed E-state index contributed by atoms with van der Waals surface area (Å²) in [5.41, 5.74) is 1.02. The highest BCUT2D eigenvalue weighted by molar-refractivity contribution is 7.86. The van der Waals surface area contributed by atoms with Crippen molar-refractivity contribution in [3.63, 3.8) is 0 Å². The first kappa shape index (κ1) is 7.80. The Morgan fingerprint density at radius 2 is 2.25 bits per heavy atom. The van der Waals surface area contributed by atoms with Crippen LogP contribution in [0.1, 0.15) is 6.92 Å². The van der Waals surface area contributed by atoms with Crippen molar-refractivity contribution >= 4 is 16.5 Å². The van der Waals surface area contributed by atoms with Crippen LogP contribution < -0.4 is 5.32 Å². The average molecular weight is 181 g/mol. The Labute approximate surface area is 74.4 Å². The first-order chi connectivity index (χ1) is 5.79. The Morgan fingerprint density at radius 3 is 3.08 bits per heavy atom. The lowest BCUT2D eigenvalue weighted by Gasteiger charge is -2.22. The van der Waals surface area contributed by atoms with Crippen LogP contribution in [0.15, 0.2) is 29.2 Å². The first-order valence-corrected chi connectivity index (χ1v) is 5.24. The number of anilines is 1. The number of benzene rings is 1. The number of nitrogens with one attached hydrogen (secondary N) is 1. The number of rotatable bonds is 0. The molecule has 12 heavy (non-hydrogen) atoms. The van der Waals surface area contributed by atoms with Crippen molar-refractivity contribution in [3.8, 4) is 0 Å². The summed E-state index contributed by atoms with van der Waals surface area (Å²) in [5, 5.41) is 3.47. The lowest BCUT2D eigenvalue weighted by molar-refractivity contribution is 0.672. The van der Waals surface area contributed by atoms with E-state index in [9.17, 15) is 4.21 Å². The second-order valence-corrected chi connectivity index (χ2v) is 4.82. The quantitative estimate of drug-likeness (QED) is 0.658. The first-order valence-electron chi connectivity index (χ1n) is 4.02. The van der Waals surface area contributed by atoms with Crippen molar-refractivity contribution < 1.29 is 4.21 Å². The third kappa shape index (κ3) is 1.14. The van der Waals surface area contributed by atoms with Crippen molar-refractivity contribution in [2.24, 2.45) is 0 Å². The van der Waals surface area contributed by atoms with Gasteiger partial charge in [-0.2, -0.15) is 0 Å². The lowest BCUT2D eigenvalue weighted by Crippen LogP contribution is -2.27. The van der Waals surface area contributed by atoms with Gasteiger partial charge in [-0.1, -0.05) is 12.1 Å². The molecule has 64 valence electrons. The third-order valence-corrected chi connectivity index (χ3v) is 3.74. The van der Waals surface area contributed by atoms with Crippen LogP contribution in [0.3, 0.4) is 0 Å². The molecular formula is C9H11NOS. The van der Waals surface area contributed by atoms with Crippen molar-refractivity contribution in [1.29, 1.82) is 0 Å². The zero-order valence-electron chi connectivity index (χ0n) is 6.91. The van der Waals surface area contributed by atoms with Crippen LogP contribution in [0.5, 0.6) is 0 Å². The van der Waals surface area contributed by atoms with E-state index in [0.717, 1.165) is 17.1 Å². The molecule has 0 aliphatic carbocycles. The molecule has 0 unspecified atom stereocenters. The lowest BCUT2D eigenvalue weighted by atomic mass is 10.3. The maximum absolute atomic E-state index is 11.7. The van der Waals surface area contributed by atoms with Crippen molar-refractivity contribution in [2.45, 2.75) is 17.1 Å². The Hall–Kier alpha value is -0.830. The number of para-hydroxylation sites is 1. The molecule has 0 amide bonds. The summed E-state index contributed by atoms with van der Waals surface area (Å²) in [6.45, 7) is 2.81. The van der Waals surface area contributed by atoms with Crippen LogP contribution in [0, 0.1) is 0 Å². The summed E-state index contributed by atoms with van der Waals surface area (Å²) in [4.78, 5) is 0.941. The summed E-state index contributed by atoms with van der Waals surface area (Å²) in [6.07, 6.45) is 0. The number of hydrogen-bond donors (Lipinski definition) is 1. The summed E-state index contributed by atoms with van der Waals surface area (Å²) >= 11 is 0. The van der Waals surface area contributed by atoms with Gasteiger partial charge in [-0.05, 0) is 19.1 Å². The summed E-state index contributed by atoms with van der Waals surface area (Å²) in [6, 6.07) is 7.78. The van der Waals surface area contributed by atoms with E-state index < -0.39 is 10.8 Å². The Kier molecular flexibility index (Phi) is 1.89. The molecule has 1 aliphatic rings. The maximum atomic E-state index is 11.7. The van der Waals surface area contributed by atoms with Gasteiger partial charge in [-0.3, -0.25) is 4.21 Å². The minimum absolute atomic E-state index is 0.222. The molecule has 0 radical (unpaired) electrons. The molecule has 0 fully saturated rings. The molecule has 0 aromatic heterocycles. The zero-order chi connectivity index (χ0) is 8.55. The van der Waals surface area contributed by atoms with Crippen LogP contribution in [0.2, 0.25) is 0 Å². The summed E-state index contributed by atoms with van der Waals surface area (Å²) in [7, 11) is -0.822. The van der Waals surface area contributed by atoms with E-state index in [4.69, 9.17) is 0 Å². The molecule has 0 saturated heterocycles. The monoisotopic (exact) mass is 181 g/mol. The molecule has 1 aliphatic heterocycles. The largest absolute Gasteiger partial charge is 0.383 e. The molecule has 1 N–H and O–H groups in total. The van der Waals surface area contributed by atoms with Gasteiger partial charge in [0, 0.05) is 6.54 Å². The predicted octanol–water partition coefficient (Wildman–Crippen LogP) is 1.61. The molecule has 0 bridgehead atoms. The smallest absolute Gasteiger partial charge is 0.0622 e. The molecule has 3 heteroatoms. The summed E-state index contributed by atoms with van der Waals surface area (Å²) < 4.78 is 11.7. The second kappa shape index (κ2) is 2.90. The number of hydrogen-bond acceptors (Lipinski definition) is 2. The van der Waals surface area contributed by atoms with Gasteiger partial charge in [0.25, 0.3) is 0 Å². The van der Waals surface area contributed by atoms with E-state index in [-0.39, 0.29) is 5.25 Å². The molecule has 0 spiro atoms. The molecule has 2 rings (SSSR count). The van der Waals surface area contributed by atoms with Crippen molar-refractivity contribution in [1.82, 2.24) is 0 Å². The van der Waals surface area contributed by atoms with E-state index in [0.29, 0.717) is 0 Å². The van der Waals surface area contributed by atoms with Gasteiger partial charge in [0.15, 0.2) is 0 Å². The highest BCUT2D eigenvalue weighted by Crippen LogP contribution is 2.25. The van der Waals surface area contributed by atoms with Gasteiger partial charge in [0.1, 0.15) is 0 Å². The van der Waals surface area contributed by atoms with Gasteiger partial charge in [-0.25, -0.2) is 0 Å². The van der Waals surface area contributed by atoms with E-state index in [1.54, 1.807) is 0 Å². The molecule has 1 aromatic rings. The standard InChI is InChI=1S/C9H11NOS/c1-7-6-10-8-4-2-3-5-9(8)12(7)11/h2-5,7,10H,6H2,1H3/t7-,12+/m0/s1. The highest BCUT2D eigenvalue weighted by atomic mass is 32.2. The predicted molar refractivity (Wildman–Crippen MR) is 50.8 cm³/mol.